The van der Waals surface area contributed by atoms with Crippen LogP contribution in [0.25, 0.3) is 0 Å². The van der Waals surface area contributed by atoms with Gasteiger partial charge in [0, 0.05) is 29.9 Å². The van der Waals surface area contributed by atoms with Gasteiger partial charge in [-0.3, -0.25) is 19.7 Å². The molecule has 1 aromatic heterocycles. The van der Waals surface area contributed by atoms with Crippen LogP contribution < -0.4 is 20.9 Å². The van der Waals surface area contributed by atoms with Crippen molar-refractivity contribution < 1.29 is 19.1 Å². The quantitative estimate of drug-likeness (QED) is 0.500. The fraction of sp³-hybridized carbons (Fsp3) is 0.200. The molecule has 4 rings (SSSR count). The molecule has 146 valence electrons. The number of imide groups is 1. The number of hydrogen-bond donors (Lipinski definition) is 3. The fourth-order valence-electron chi connectivity index (χ4n) is 3.28. The minimum Gasteiger partial charge on any atom is -0.497 e. The zero-order valence-corrected chi connectivity index (χ0v) is 15.4. The summed E-state index contributed by atoms with van der Waals surface area (Å²) in [6, 6.07) is 7.30. The summed E-state index contributed by atoms with van der Waals surface area (Å²) in [5, 5.41) is 4.71. The number of fused-ring (bicyclic) bond motifs is 1. The highest BCUT2D eigenvalue weighted by Crippen LogP contribution is 2.28. The van der Waals surface area contributed by atoms with Gasteiger partial charge in [0.25, 0.3) is 11.8 Å². The second kappa shape index (κ2) is 6.83. The van der Waals surface area contributed by atoms with E-state index in [0.717, 1.165) is 5.56 Å². The SMILES string of the molecule is COc1ccc2c(c1)C(=O)N(C[C@@]1(C#Cc3ccc(=O)[nH]c3)NC(=O)NC1=O)C2. The highest BCUT2D eigenvalue weighted by atomic mass is 16.5. The van der Waals surface area contributed by atoms with Crippen LogP contribution in [-0.2, 0) is 11.3 Å². The fourth-order valence-corrected chi connectivity index (χ4v) is 3.28. The molecule has 29 heavy (non-hydrogen) atoms. The monoisotopic (exact) mass is 392 g/mol. The molecule has 0 bridgehead atoms. The van der Waals surface area contributed by atoms with Crippen molar-refractivity contribution in [2.24, 2.45) is 0 Å². The summed E-state index contributed by atoms with van der Waals surface area (Å²) in [6.45, 7) is 0.153. The lowest BCUT2D eigenvalue weighted by molar-refractivity contribution is -0.122. The Labute approximate surface area is 165 Å². The lowest BCUT2D eigenvalue weighted by Crippen LogP contribution is -2.54. The average Bonchev–Trinajstić information content (AvgIpc) is 3.16. The molecule has 2 aliphatic heterocycles. The van der Waals surface area contributed by atoms with E-state index in [1.54, 1.807) is 18.2 Å². The van der Waals surface area contributed by atoms with Gasteiger partial charge < -0.3 is 19.9 Å². The maximum Gasteiger partial charge on any atom is 0.323 e. The number of H-pyrrole nitrogens is 1. The molecule has 3 N–H and O–H groups in total. The van der Waals surface area contributed by atoms with Crippen molar-refractivity contribution in [2.75, 3.05) is 13.7 Å². The van der Waals surface area contributed by atoms with Crippen LogP contribution in [0.4, 0.5) is 4.79 Å². The van der Waals surface area contributed by atoms with E-state index in [2.05, 4.69) is 27.5 Å². The maximum atomic E-state index is 12.8. The van der Waals surface area contributed by atoms with Crippen molar-refractivity contribution in [3.63, 3.8) is 0 Å². The summed E-state index contributed by atoms with van der Waals surface area (Å²) >= 11 is 0. The highest BCUT2D eigenvalue weighted by molar-refractivity contribution is 6.10. The zero-order chi connectivity index (χ0) is 20.6. The molecule has 3 heterocycles. The van der Waals surface area contributed by atoms with Crippen LogP contribution in [0.15, 0.2) is 41.3 Å². The number of carbonyl (C=O) groups excluding carboxylic acids is 3. The van der Waals surface area contributed by atoms with E-state index < -0.39 is 17.5 Å². The van der Waals surface area contributed by atoms with Gasteiger partial charge >= 0.3 is 6.03 Å². The first kappa shape index (κ1) is 18.3. The molecular formula is C20H16N4O5. The van der Waals surface area contributed by atoms with E-state index >= 15 is 0 Å². The van der Waals surface area contributed by atoms with Gasteiger partial charge in [-0.15, -0.1) is 0 Å². The normalized spacial score (nSPS) is 19.9. The Morgan fingerprint density at radius 2 is 2.00 bits per heavy atom. The van der Waals surface area contributed by atoms with Gasteiger partial charge in [0.05, 0.1) is 13.7 Å². The molecule has 0 radical (unpaired) electrons. The van der Waals surface area contributed by atoms with Gasteiger partial charge in [0.15, 0.2) is 0 Å². The largest absolute Gasteiger partial charge is 0.497 e. The summed E-state index contributed by atoms with van der Waals surface area (Å²) in [4.78, 5) is 52.3. The van der Waals surface area contributed by atoms with Crippen molar-refractivity contribution in [3.8, 4) is 17.6 Å². The van der Waals surface area contributed by atoms with Crippen molar-refractivity contribution in [1.29, 1.82) is 0 Å². The molecular weight excluding hydrogens is 376 g/mol. The summed E-state index contributed by atoms with van der Waals surface area (Å²) < 4.78 is 5.16. The molecule has 1 aromatic carbocycles. The predicted molar refractivity (Wildman–Crippen MR) is 101 cm³/mol. The molecule has 9 nitrogen and oxygen atoms in total. The number of rotatable bonds is 3. The van der Waals surface area contributed by atoms with E-state index in [9.17, 15) is 19.2 Å². The van der Waals surface area contributed by atoms with E-state index in [4.69, 9.17) is 4.74 Å². The number of pyridine rings is 1. The average molecular weight is 392 g/mol. The molecule has 9 heteroatoms. The minimum atomic E-state index is -1.60. The standard InChI is InChI=1S/C20H16N4O5/c1-29-14-4-3-13-10-24(17(26)15(13)8-14)11-20(18(27)22-19(28)23-20)7-6-12-2-5-16(25)21-9-12/h2-5,8-9H,10-11H2,1H3,(H,21,25)(H2,22,23,27,28)/t20-/m1/s1. The zero-order valence-electron chi connectivity index (χ0n) is 15.4. The predicted octanol–water partition coefficient (Wildman–Crippen LogP) is -0.0308. The molecule has 0 saturated carbocycles. The van der Waals surface area contributed by atoms with Crippen LogP contribution in [-0.4, -0.2) is 46.9 Å². The lowest BCUT2D eigenvalue weighted by atomic mass is 9.99. The van der Waals surface area contributed by atoms with Crippen LogP contribution in [0.3, 0.4) is 0 Å². The minimum absolute atomic E-state index is 0.128. The first-order valence-corrected chi connectivity index (χ1v) is 8.72. The van der Waals surface area contributed by atoms with E-state index in [1.165, 1.54) is 30.3 Å². The number of aromatic nitrogens is 1. The number of nitrogens with zero attached hydrogens (tertiary/aromatic N) is 1. The van der Waals surface area contributed by atoms with E-state index in [1.807, 2.05) is 0 Å². The van der Waals surface area contributed by atoms with Gasteiger partial charge in [0.1, 0.15) is 5.75 Å². The van der Waals surface area contributed by atoms with Crippen LogP contribution in [0.2, 0.25) is 0 Å². The lowest BCUT2D eigenvalue weighted by Gasteiger charge is -2.26. The van der Waals surface area contributed by atoms with Crippen LogP contribution in [0.5, 0.6) is 5.75 Å². The Kier molecular flexibility index (Phi) is 4.31. The third kappa shape index (κ3) is 3.32. The van der Waals surface area contributed by atoms with Crippen LogP contribution in [0, 0.1) is 11.8 Å². The van der Waals surface area contributed by atoms with Crippen molar-refractivity contribution in [3.05, 3.63) is 63.6 Å². The van der Waals surface area contributed by atoms with Crippen molar-refractivity contribution >= 4 is 17.8 Å². The Morgan fingerprint density at radius 1 is 1.17 bits per heavy atom. The molecule has 1 atom stereocenters. The summed E-state index contributed by atoms with van der Waals surface area (Å²) in [6.07, 6.45) is 1.40. The molecule has 1 saturated heterocycles. The first-order chi connectivity index (χ1) is 13.9. The van der Waals surface area contributed by atoms with E-state index in [-0.39, 0.29) is 24.6 Å². The summed E-state index contributed by atoms with van der Waals surface area (Å²) in [5.74, 6) is 5.19. The van der Waals surface area contributed by atoms with Gasteiger partial charge in [-0.1, -0.05) is 17.9 Å². The number of aromatic amines is 1. The summed E-state index contributed by atoms with van der Waals surface area (Å²) in [5.41, 5.74) is -0.150. The Bertz CT molecular complexity index is 1140. The molecule has 1 fully saturated rings. The van der Waals surface area contributed by atoms with E-state index in [0.29, 0.717) is 16.9 Å². The van der Waals surface area contributed by atoms with Crippen molar-refractivity contribution in [1.82, 2.24) is 20.5 Å². The molecule has 0 unspecified atom stereocenters. The summed E-state index contributed by atoms with van der Waals surface area (Å²) in [7, 11) is 1.51. The first-order valence-electron chi connectivity index (χ1n) is 8.72. The van der Waals surface area contributed by atoms with Crippen LogP contribution in [0.1, 0.15) is 21.5 Å². The van der Waals surface area contributed by atoms with Gasteiger partial charge in [-0.2, -0.15) is 0 Å². The molecule has 0 aliphatic carbocycles. The number of benzene rings is 1. The smallest absolute Gasteiger partial charge is 0.323 e. The topological polar surface area (TPSA) is 121 Å². The molecule has 0 spiro atoms. The van der Waals surface area contributed by atoms with Crippen LogP contribution >= 0.6 is 0 Å². The number of hydrogen-bond acceptors (Lipinski definition) is 5. The molecule has 2 aromatic rings. The Balaban J connectivity index is 1.65. The third-order valence-electron chi connectivity index (χ3n) is 4.77. The Morgan fingerprint density at radius 3 is 2.66 bits per heavy atom. The highest BCUT2D eigenvalue weighted by Gasteiger charge is 2.48. The number of urea groups is 1. The Hall–Kier alpha value is -4.06. The van der Waals surface area contributed by atoms with Gasteiger partial charge in [-0.25, -0.2) is 4.79 Å². The maximum absolute atomic E-state index is 12.8. The molecule has 2 aliphatic rings. The second-order valence-corrected chi connectivity index (χ2v) is 6.69. The number of amides is 4. The number of carbonyl (C=O) groups is 3. The third-order valence-corrected chi connectivity index (χ3v) is 4.77. The van der Waals surface area contributed by atoms with Gasteiger partial charge in [0.2, 0.25) is 11.1 Å². The van der Waals surface area contributed by atoms with Gasteiger partial charge in [-0.05, 0) is 23.8 Å². The number of nitrogens with one attached hydrogen (secondary N) is 3. The number of ether oxygens (including phenoxy) is 1. The van der Waals surface area contributed by atoms with Crippen molar-refractivity contribution in [2.45, 2.75) is 12.1 Å². The number of methoxy groups -OCH3 is 1. The second-order valence-electron chi connectivity index (χ2n) is 6.69. The molecule has 4 amide bonds.